The number of hydrogen-bond donors (Lipinski definition) is 1. The van der Waals surface area contributed by atoms with Crippen LogP contribution in [0, 0.1) is 0 Å². The Hall–Kier alpha value is -1.66. The SMILES string of the molecule is CN(CC(=O)N1CCC(O)CC1)c1nc2ccccc2s1. The van der Waals surface area contributed by atoms with Crippen LogP contribution in [0.15, 0.2) is 24.3 Å². The quantitative estimate of drug-likeness (QED) is 0.938. The predicted octanol–water partition coefficient (Wildman–Crippen LogP) is 1.72. The molecule has 0 spiro atoms. The molecule has 1 aliphatic heterocycles. The first kappa shape index (κ1) is 14.3. The Bertz CT molecular complexity index is 602. The lowest BCUT2D eigenvalue weighted by atomic mass is 10.1. The van der Waals surface area contributed by atoms with Crippen LogP contribution in [-0.4, -0.2) is 53.7 Å². The Morgan fingerprint density at radius 2 is 2.14 bits per heavy atom. The Labute approximate surface area is 127 Å². The number of para-hydroxylation sites is 1. The van der Waals surface area contributed by atoms with Gasteiger partial charge in [-0.25, -0.2) is 4.98 Å². The van der Waals surface area contributed by atoms with Gasteiger partial charge in [0, 0.05) is 20.1 Å². The molecule has 1 aliphatic rings. The number of aliphatic hydroxyl groups excluding tert-OH is 1. The Kier molecular flexibility index (Phi) is 4.07. The molecule has 1 aromatic heterocycles. The van der Waals surface area contributed by atoms with Gasteiger partial charge in [0.05, 0.1) is 22.9 Å². The van der Waals surface area contributed by atoms with Crippen LogP contribution >= 0.6 is 11.3 Å². The molecule has 0 aliphatic carbocycles. The van der Waals surface area contributed by atoms with Crippen molar-refractivity contribution in [2.75, 3.05) is 31.6 Å². The summed E-state index contributed by atoms with van der Waals surface area (Å²) >= 11 is 1.60. The van der Waals surface area contributed by atoms with Gasteiger partial charge >= 0.3 is 0 Å². The molecule has 21 heavy (non-hydrogen) atoms. The molecule has 0 unspecified atom stereocenters. The molecule has 1 saturated heterocycles. The number of nitrogens with zero attached hydrogens (tertiary/aromatic N) is 3. The number of rotatable bonds is 3. The van der Waals surface area contributed by atoms with E-state index in [9.17, 15) is 9.90 Å². The van der Waals surface area contributed by atoms with Crippen molar-refractivity contribution in [3.8, 4) is 0 Å². The van der Waals surface area contributed by atoms with Crippen molar-refractivity contribution in [2.24, 2.45) is 0 Å². The van der Waals surface area contributed by atoms with Crippen LogP contribution in [-0.2, 0) is 4.79 Å². The number of amides is 1. The molecule has 0 saturated carbocycles. The van der Waals surface area contributed by atoms with E-state index in [0.29, 0.717) is 32.5 Å². The summed E-state index contributed by atoms with van der Waals surface area (Å²) in [7, 11) is 1.90. The molecule has 2 heterocycles. The van der Waals surface area contributed by atoms with Crippen LogP contribution in [0.25, 0.3) is 10.2 Å². The number of aliphatic hydroxyl groups is 1. The van der Waals surface area contributed by atoms with Crippen molar-refractivity contribution >= 4 is 32.6 Å². The van der Waals surface area contributed by atoms with E-state index in [2.05, 4.69) is 4.98 Å². The zero-order valence-corrected chi connectivity index (χ0v) is 12.8. The van der Waals surface area contributed by atoms with Crippen molar-refractivity contribution in [1.82, 2.24) is 9.88 Å². The van der Waals surface area contributed by atoms with Crippen LogP contribution in [0.2, 0.25) is 0 Å². The average Bonchev–Trinajstić information content (AvgIpc) is 2.92. The Morgan fingerprint density at radius 3 is 2.86 bits per heavy atom. The summed E-state index contributed by atoms with van der Waals surface area (Å²) in [4.78, 5) is 20.6. The van der Waals surface area contributed by atoms with Gasteiger partial charge in [0.15, 0.2) is 5.13 Å². The van der Waals surface area contributed by atoms with Crippen LogP contribution in [0.4, 0.5) is 5.13 Å². The number of hydrogen-bond acceptors (Lipinski definition) is 5. The largest absolute Gasteiger partial charge is 0.393 e. The number of piperidine rings is 1. The molecule has 6 heteroatoms. The summed E-state index contributed by atoms with van der Waals surface area (Å²) in [6, 6.07) is 7.99. The summed E-state index contributed by atoms with van der Waals surface area (Å²) in [5.74, 6) is 0.101. The minimum Gasteiger partial charge on any atom is -0.393 e. The number of benzene rings is 1. The van der Waals surface area contributed by atoms with E-state index in [4.69, 9.17) is 0 Å². The molecule has 0 atom stereocenters. The lowest BCUT2D eigenvalue weighted by Gasteiger charge is -2.30. The predicted molar refractivity (Wildman–Crippen MR) is 84.7 cm³/mol. The maximum atomic E-state index is 12.3. The second kappa shape index (κ2) is 5.99. The lowest BCUT2D eigenvalue weighted by Crippen LogP contribution is -2.44. The first-order valence-corrected chi connectivity index (χ1v) is 7.97. The summed E-state index contributed by atoms with van der Waals surface area (Å²) in [6.07, 6.45) is 1.10. The number of carbonyl (C=O) groups is 1. The third-order valence-electron chi connectivity index (χ3n) is 3.80. The van der Waals surface area contributed by atoms with E-state index in [-0.39, 0.29) is 12.0 Å². The molecule has 0 radical (unpaired) electrons. The number of likely N-dealkylation sites (N-methyl/N-ethyl adjacent to an activating group) is 1. The first-order valence-electron chi connectivity index (χ1n) is 7.16. The summed E-state index contributed by atoms with van der Waals surface area (Å²) in [5, 5.41) is 10.4. The van der Waals surface area contributed by atoms with Crippen molar-refractivity contribution in [2.45, 2.75) is 18.9 Å². The second-order valence-corrected chi connectivity index (χ2v) is 6.44. The topological polar surface area (TPSA) is 56.7 Å². The monoisotopic (exact) mass is 305 g/mol. The molecular weight excluding hydrogens is 286 g/mol. The minimum atomic E-state index is -0.254. The van der Waals surface area contributed by atoms with E-state index >= 15 is 0 Å². The fraction of sp³-hybridized carbons (Fsp3) is 0.467. The molecule has 0 bridgehead atoms. The smallest absolute Gasteiger partial charge is 0.242 e. The van der Waals surface area contributed by atoms with E-state index in [1.54, 1.807) is 11.3 Å². The maximum absolute atomic E-state index is 12.3. The molecule has 3 rings (SSSR count). The Morgan fingerprint density at radius 1 is 1.43 bits per heavy atom. The van der Waals surface area contributed by atoms with Crippen LogP contribution in [0.3, 0.4) is 0 Å². The minimum absolute atomic E-state index is 0.101. The molecule has 112 valence electrons. The van der Waals surface area contributed by atoms with E-state index in [1.807, 2.05) is 41.1 Å². The molecule has 5 nitrogen and oxygen atoms in total. The van der Waals surface area contributed by atoms with E-state index in [1.165, 1.54) is 0 Å². The van der Waals surface area contributed by atoms with Crippen LogP contribution in [0.5, 0.6) is 0 Å². The third-order valence-corrected chi connectivity index (χ3v) is 4.95. The van der Waals surface area contributed by atoms with Gasteiger partial charge in [0.25, 0.3) is 0 Å². The highest BCUT2D eigenvalue weighted by Gasteiger charge is 2.22. The number of thiazole rings is 1. The van der Waals surface area contributed by atoms with Gasteiger partial charge in [0.1, 0.15) is 0 Å². The van der Waals surface area contributed by atoms with Crippen molar-refractivity contribution in [3.05, 3.63) is 24.3 Å². The van der Waals surface area contributed by atoms with Crippen molar-refractivity contribution in [3.63, 3.8) is 0 Å². The number of anilines is 1. The fourth-order valence-corrected chi connectivity index (χ4v) is 3.44. The molecule has 1 aromatic carbocycles. The molecule has 1 N–H and O–H groups in total. The van der Waals surface area contributed by atoms with E-state index < -0.39 is 0 Å². The van der Waals surface area contributed by atoms with Gasteiger partial charge in [-0.2, -0.15) is 0 Å². The third kappa shape index (κ3) is 3.16. The number of carbonyl (C=O) groups excluding carboxylic acids is 1. The zero-order chi connectivity index (χ0) is 14.8. The van der Waals surface area contributed by atoms with Gasteiger partial charge in [-0.05, 0) is 25.0 Å². The summed E-state index contributed by atoms with van der Waals surface area (Å²) in [5.41, 5.74) is 0.970. The van der Waals surface area contributed by atoms with Gasteiger partial charge < -0.3 is 14.9 Å². The van der Waals surface area contributed by atoms with Crippen molar-refractivity contribution in [1.29, 1.82) is 0 Å². The Balaban J connectivity index is 1.65. The number of fused-ring (bicyclic) bond motifs is 1. The highest BCUT2D eigenvalue weighted by Crippen LogP contribution is 2.27. The fourth-order valence-electron chi connectivity index (χ4n) is 2.51. The highest BCUT2D eigenvalue weighted by molar-refractivity contribution is 7.22. The number of aromatic nitrogens is 1. The molecular formula is C15H19N3O2S. The van der Waals surface area contributed by atoms with E-state index in [0.717, 1.165) is 15.3 Å². The molecule has 1 amide bonds. The maximum Gasteiger partial charge on any atom is 0.242 e. The van der Waals surface area contributed by atoms with Gasteiger partial charge in [-0.1, -0.05) is 23.5 Å². The normalized spacial score (nSPS) is 16.4. The summed E-state index contributed by atoms with van der Waals surface area (Å²) < 4.78 is 1.13. The van der Waals surface area contributed by atoms with Crippen LogP contribution in [0.1, 0.15) is 12.8 Å². The van der Waals surface area contributed by atoms with Gasteiger partial charge in [0.2, 0.25) is 5.91 Å². The zero-order valence-electron chi connectivity index (χ0n) is 12.0. The van der Waals surface area contributed by atoms with Gasteiger partial charge in [-0.3, -0.25) is 4.79 Å². The van der Waals surface area contributed by atoms with Crippen LogP contribution < -0.4 is 4.90 Å². The highest BCUT2D eigenvalue weighted by atomic mass is 32.1. The average molecular weight is 305 g/mol. The summed E-state index contributed by atoms with van der Waals surface area (Å²) in [6.45, 7) is 1.62. The molecule has 1 fully saturated rings. The standard InChI is InChI=1S/C15H19N3O2S/c1-17(10-14(20)18-8-6-11(19)7-9-18)15-16-12-4-2-3-5-13(12)21-15/h2-5,11,19H,6-10H2,1H3. The molecule has 2 aromatic rings. The lowest BCUT2D eigenvalue weighted by molar-refractivity contribution is -0.131. The van der Waals surface area contributed by atoms with Gasteiger partial charge in [-0.15, -0.1) is 0 Å². The number of likely N-dealkylation sites (tertiary alicyclic amines) is 1. The second-order valence-electron chi connectivity index (χ2n) is 5.43. The van der Waals surface area contributed by atoms with Crippen molar-refractivity contribution < 1.29 is 9.90 Å². The first-order chi connectivity index (χ1) is 10.1.